The van der Waals surface area contributed by atoms with E-state index in [1.54, 1.807) is 12.4 Å². The van der Waals surface area contributed by atoms with E-state index in [-0.39, 0.29) is 23.4 Å². The normalized spacial score (nSPS) is 13.2. The predicted octanol–water partition coefficient (Wildman–Crippen LogP) is 4.32. The predicted molar refractivity (Wildman–Crippen MR) is 120 cm³/mol. The Morgan fingerprint density at radius 3 is 1.48 bits per heavy atom. The molecule has 0 aliphatic heterocycles. The fourth-order valence-electron chi connectivity index (χ4n) is 2.79. The molecule has 0 saturated heterocycles. The van der Waals surface area contributed by atoms with Crippen molar-refractivity contribution >= 4 is 24.2 Å². The molecule has 0 spiro atoms. The first kappa shape index (κ1) is 21.7. The van der Waals surface area contributed by atoms with Gasteiger partial charge in [0, 0.05) is 24.3 Å². The van der Waals surface area contributed by atoms with Gasteiger partial charge in [-0.25, -0.2) is 10.9 Å². The van der Waals surface area contributed by atoms with Crippen LogP contribution in [0.4, 0.5) is 0 Å². The summed E-state index contributed by atoms with van der Waals surface area (Å²) >= 11 is 0. The highest BCUT2D eigenvalue weighted by atomic mass is 16.4. The zero-order valence-corrected chi connectivity index (χ0v) is 17.4. The fraction of sp³-hybridized carbons (Fsp3) is 0.167. The number of rotatable bonds is 8. The van der Waals surface area contributed by atoms with Crippen LogP contribution in [0, 0.1) is 0 Å². The molecule has 31 heavy (non-hydrogen) atoms. The highest BCUT2D eigenvalue weighted by Crippen LogP contribution is 2.13. The summed E-state index contributed by atoms with van der Waals surface area (Å²) < 4.78 is 5.32. The number of amides is 2. The molecule has 3 rings (SSSR count). The second-order valence-corrected chi connectivity index (χ2v) is 7.00. The Kier molecular flexibility index (Phi) is 7.48. The summed E-state index contributed by atoms with van der Waals surface area (Å²) in [4.78, 5) is 24.4. The van der Waals surface area contributed by atoms with Gasteiger partial charge in [0.15, 0.2) is 11.5 Å². The van der Waals surface area contributed by atoms with Crippen LogP contribution in [0.2, 0.25) is 0 Å². The summed E-state index contributed by atoms with van der Waals surface area (Å²) in [7, 11) is 0. The van der Waals surface area contributed by atoms with Crippen molar-refractivity contribution in [2.75, 3.05) is 0 Å². The van der Waals surface area contributed by atoms with E-state index in [9.17, 15) is 9.59 Å². The van der Waals surface area contributed by atoms with Gasteiger partial charge in [0.25, 0.3) is 0 Å². The molecule has 0 aliphatic rings. The molecule has 2 N–H and O–H groups in total. The Hall–Kier alpha value is -4.00. The molecular formula is C24H24N4O3. The molecule has 1 heterocycles. The van der Waals surface area contributed by atoms with Crippen molar-refractivity contribution < 1.29 is 14.0 Å². The number of carbonyl (C=O) groups excluding carboxylic acids is 2. The second kappa shape index (κ2) is 10.7. The Bertz CT molecular complexity index is 975. The van der Waals surface area contributed by atoms with Crippen LogP contribution in [-0.2, 0) is 0 Å². The summed E-state index contributed by atoms with van der Waals surface area (Å²) in [6.07, 6.45) is 3.26. The molecule has 0 fully saturated rings. The van der Waals surface area contributed by atoms with Crippen LogP contribution >= 0.6 is 0 Å². The van der Waals surface area contributed by atoms with Crippen LogP contribution in [0.25, 0.3) is 0 Å². The highest BCUT2D eigenvalue weighted by molar-refractivity contribution is 5.96. The Morgan fingerprint density at radius 2 is 1.10 bits per heavy atom. The second-order valence-electron chi connectivity index (χ2n) is 7.00. The Morgan fingerprint density at radius 1 is 0.710 bits per heavy atom. The molecule has 0 aliphatic carbocycles. The van der Waals surface area contributed by atoms with Crippen molar-refractivity contribution in [2.24, 2.45) is 10.2 Å². The number of hydrazone groups is 2. The molecule has 2 atom stereocenters. The highest BCUT2D eigenvalue weighted by Gasteiger charge is 2.15. The number of benzene rings is 2. The molecule has 1 aromatic heterocycles. The smallest absolute Gasteiger partial charge is 0.307 e. The fourth-order valence-corrected chi connectivity index (χ4v) is 2.79. The summed E-state index contributed by atoms with van der Waals surface area (Å²) in [5.74, 6) is -1.05. The van der Waals surface area contributed by atoms with Gasteiger partial charge in [-0.1, -0.05) is 74.5 Å². The average Bonchev–Trinajstić information content (AvgIpc) is 3.30. The minimum absolute atomic E-state index is 0.0173. The number of nitrogens with zero attached hydrogens (tertiary/aromatic N) is 2. The summed E-state index contributed by atoms with van der Waals surface area (Å²) in [5, 5.41) is 7.93. The SMILES string of the molecule is C[C@H](/C=N\NC(=O)c1ccc(C(=O)N/N=C\[C@H](C)c2ccccc2)o1)c1ccccc1. The third-order valence-electron chi connectivity index (χ3n) is 4.63. The van der Waals surface area contributed by atoms with Gasteiger partial charge in [-0.2, -0.15) is 10.2 Å². The topological polar surface area (TPSA) is 96.1 Å². The molecule has 7 nitrogen and oxygen atoms in total. The van der Waals surface area contributed by atoms with E-state index >= 15 is 0 Å². The van der Waals surface area contributed by atoms with Gasteiger partial charge >= 0.3 is 11.8 Å². The lowest BCUT2D eigenvalue weighted by molar-refractivity contribution is 0.0902. The number of carbonyl (C=O) groups is 2. The van der Waals surface area contributed by atoms with E-state index in [2.05, 4.69) is 21.1 Å². The van der Waals surface area contributed by atoms with E-state index in [0.29, 0.717) is 0 Å². The molecule has 0 radical (unpaired) electrons. The average molecular weight is 416 g/mol. The van der Waals surface area contributed by atoms with Gasteiger partial charge in [-0.3, -0.25) is 9.59 Å². The number of hydrogen-bond acceptors (Lipinski definition) is 5. The van der Waals surface area contributed by atoms with Crippen LogP contribution in [0.3, 0.4) is 0 Å². The third-order valence-corrected chi connectivity index (χ3v) is 4.63. The van der Waals surface area contributed by atoms with Gasteiger partial charge in [0.2, 0.25) is 0 Å². The summed E-state index contributed by atoms with van der Waals surface area (Å²) in [6, 6.07) is 22.4. The van der Waals surface area contributed by atoms with Gasteiger partial charge in [-0.15, -0.1) is 0 Å². The summed E-state index contributed by atoms with van der Waals surface area (Å²) in [6.45, 7) is 3.94. The van der Waals surface area contributed by atoms with Gasteiger partial charge in [-0.05, 0) is 23.3 Å². The lowest BCUT2D eigenvalue weighted by Gasteiger charge is -2.05. The Balaban J connectivity index is 1.50. The van der Waals surface area contributed by atoms with Crippen molar-refractivity contribution in [1.29, 1.82) is 0 Å². The van der Waals surface area contributed by atoms with Crippen molar-refractivity contribution in [3.05, 3.63) is 95.4 Å². The quantitative estimate of drug-likeness (QED) is 0.423. The van der Waals surface area contributed by atoms with Crippen molar-refractivity contribution in [2.45, 2.75) is 25.7 Å². The van der Waals surface area contributed by atoms with Crippen molar-refractivity contribution in [1.82, 2.24) is 10.9 Å². The number of hydrogen-bond donors (Lipinski definition) is 2. The standard InChI is InChI=1S/C24H24N4O3/c1-17(19-9-5-3-6-10-19)15-25-27-23(29)21-13-14-22(31-21)24(30)28-26-16-18(2)20-11-7-4-8-12-20/h3-18H,1-2H3,(H,27,29)(H,28,30)/b25-15-,26-16-/t17-,18+. The van der Waals surface area contributed by atoms with Crippen LogP contribution in [0.5, 0.6) is 0 Å². The largest absolute Gasteiger partial charge is 0.446 e. The number of furan rings is 1. The van der Waals surface area contributed by atoms with Gasteiger partial charge in [0.05, 0.1) is 0 Å². The van der Waals surface area contributed by atoms with Crippen LogP contribution in [0.1, 0.15) is 57.9 Å². The van der Waals surface area contributed by atoms with E-state index in [4.69, 9.17) is 4.42 Å². The maximum atomic E-state index is 12.2. The first-order valence-electron chi connectivity index (χ1n) is 9.91. The lowest BCUT2D eigenvalue weighted by Crippen LogP contribution is -2.19. The van der Waals surface area contributed by atoms with Crippen molar-refractivity contribution in [3.8, 4) is 0 Å². The zero-order chi connectivity index (χ0) is 22.1. The molecule has 2 aromatic carbocycles. The first-order chi connectivity index (χ1) is 15.0. The molecule has 7 heteroatoms. The summed E-state index contributed by atoms with van der Waals surface area (Å²) in [5.41, 5.74) is 6.97. The molecule has 3 aromatic rings. The van der Waals surface area contributed by atoms with Crippen LogP contribution < -0.4 is 10.9 Å². The monoisotopic (exact) mass is 416 g/mol. The van der Waals surface area contributed by atoms with Gasteiger partial charge in [0.1, 0.15) is 0 Å². The number of nitrogens with one attached hydrogen (secondary N) is 2. The maximum Gasteiger partial charge on any atom is 0.307 e. The van der Waals surface area contributed by atoms with E-state index in [0.717, 1.165) is 11.1 Å². The van der Waals surface area contributed by atoms with E-state index in [1.165, 1.54) is 12.1 Å². The van der Waals surface area contributed by atoms with Crippen LogP contribution in [0.15, 0.2) is 87.4 Å². The van der Waals surface area contributed by atoms with E-state index in [1.807, 2.05) is 74.5 Å². The molecule has 158 valence electrons. The zero-order valence-electron chi connectivity index (χ0n) is 17.4. The molecule has 2 amide bonds. The Labute approximate surface area is 180 Å². The van der Waals surface area contributed by atoms with Gasteiger partial charge < -0.3 is 4.42 Å². The van der Waals surface area contributed by atoms with Crippen molar-refractivity contribution in [3.63, 3.8) is 0 Å². The van der Waals surface area contributed by atoms with Crippen LogP contribution in [-0.4, -0.2) is 24.2 Å². The third kappa shape index (κ3) is 6.24. The molecule has 0 unspecified atom stereocenters. The minimum Gasteiger partial charge on any atom is -0.446 e. The lowest BCUT2D eigenvalue weighted by atomic mass is 10.0. The molecule has 0 saturated carbocycles. The first-order valence-corrected chi connectivity index (χ1v) is 9.91. The molecular weight excluding hydrogens is 392 g/mol. The van der Waals surface area contributed by atoms with E-state index < -0.39 is 11.8 Å². The maximum absolute atomic E-state index is 12.2. The minimum atomic E-state index is -0.545. The molecule has 0 bridgehead atoms.